The lowest BCUT2D eigenvalue weighted by Gasteiger charge is -2.43. The maximum absolute atomic E-state index is 13.5. The number of rotatable bonds is 5. The van der Waals surface area contributed by atoms with Crippen molar-refractivity contribution in [1.82, 2.24) is 19.8 Å². The molecule has 0 unspecified atom stereocenters. The van der Waals surface area contributed by atoms with Crippen molar-refractivity contribution in [3.63, 3.8) is 0 Å². The quantitative estimate of drug-likeness (QED) is 0.613. The van der Waals surface area contributed by atoms with E-state index in [1.807, 2.05) is 18.2 Å². The lowest BCUT2D eigenvalue weighted by Crippen LogP contribution is -2.54. The van der Waals surface area contributed by atoms with E-state index < -0.39 is 5.41 Å². The van der Waals surface area contributed by atoms with Crippen LogP contribution in [0.25, 0.3) is 10.4 Å². The zero-order valence-corrected chi connectivity index (χ0v) is 18.6. The zero-order chi connectivity index (χ0) is 21.8. The van der Waals surface area contributed by atoms with Gasteiger partial charge in [0.05, 0.1) is 11.6 Å². The molecule has 6 nitrogen and oxygen atoms in total. The van der Waals surface area contributed by atoms with Crippen LogP contribution >= 0.6 is 11.3 Å². The summed E-state index contributed by atoms with van der Waals surface area (Å²) in [6, 6.07) is 12.4. The molecule has 0 spiro atoms. The Bertz CT molecular complexity index is 1050. The smallest absolute Gasteiger partial charge is 0.274 e. The van der Waals surface area contributed by atoms with Crippen LogP contribution in [0.3, 0.4) is 0 Å². The predicted octanol–water partition coefficient (Wildman–Crippen LogP) is 3.76. The Morgan fingerprint density at radius 2 is 2.00 bits per heavy atom. The van der Waals surface area contributed by atoms with Crippen molar-refractivity contribution in [3.8, 4) is 10.4 Å². The summed E-state index contributed by atoms with van der Waals surface area (Å²) in [5.41, 5.74) is 1.93. The predicted molar refractivity (Wildman–Crippen MR) is 122 cm³/mol. The highest BCUT2D eigenvalue weighted by Gasteiger charge is 2.45. The van der Waals surface area contributed by atoms with Gasteiger partial charge in [-0.15, -0.1) is 11.3 Å². The van der Waals surface area contributed by atoms with Gasteiger partial charge in [-0.25, -0.2) is 4.98 Å². The summed E-state index contributed by atoms with van der Waals surface area (Å²) in [4.78, 5) is 39.4. The highest BCUT2D eigenvalue weighted by atomic mass is 32.1. The van der Waals surface area contributed by atoms with Crippen LogP contribution in [-0.2, 0) is 11.2 Å². The van der Waals surface area contributed by atoms with Gasteiger partial charge in [0.25, 0.3) is 5.91 Å². The lowest BCUT2D eigenvalue weighted by molar-refractivity contribution is -0.142. The monoisotopic (exact) mass is 434 g/mol. The van der Waals surface area contributed by atoms with Gasteiger partial charge in [0.1, 0.15) is 5.69 Å². The summed E-state index contributed by atoms with van der Waals surface area (Å²) < 4.78 is 0. The standard InChI is InChI=1S/C24H26N4O2S/c1-27(2)23(30)24(15-18-7-3-4-8-19(18)21-9-5-14-31-21)10-6-13-28(17-24)22(29)20-16-25-11-12-26-20/h3-5,7-9,11-12,14,16H,6,10,13,15,17H2,1-2H3/t24-/m1/s1. The Kier molecular flexibility index (Phi) is 6.13. The van der Waals surface area contributed by atoms with Crippen molar-refractivity contribution in [1.29, 1.82) is 0 Å². The molecule has 0 bridgehead atoms. The summed E-state index contributed by atoms with van der Waals surface area (Å²) in [6.45, 7) is 0.989. The number of amides is 2. The number of carbonyl (C=O) groups excluding carboxylic acids is 2. The average molecular weight is 435 g/mol. The third-order valence-electron chi connectivity index (χ3n) is 5.84. The van der Waals surface area contributed by atoms with E-state index in [0.717, 1.165) is 24.0 Å². The molecule has 0 radical (unpaired) electrons. The maximum atomic E-state index is 13.5. The molecular weight excluding hydrogens is 408 g/mol. The van der Waals surface area contributed by atoms with Gasteiger partial charge in [0.2, 0.25) is 5.91 Å². The Labute approximate surface area is 186 Å². The summed E-state index contributed by atoms with van der Waals surface area (Å²) in [5, 5.41) is 2.06. The largest absolute Gasteiger partial charge is 0.348 e. The first-order valence-electron chi connectivity index (χ1n) is 10.4. The van der Waals surface area contributed by atoms with E-state index in [9.17, 15) is 9.59 Å². The van der Waals surface area contributed by atoms with Gasteiger partial charge < -0.3 is 9.80 Å². The molecule has 1 fully saturated rings. The molecular formula is C24H26N4O2S. The first-order valence-corrected chi connectivity index (χ1v) is 11.3. The van der Waals surface area contributed by atoms with Crippen molar-refractivity contribution in [2.45, 2.75) is 19.3 Å². The molecule has 1 aliphatic heterocycles. The molecule has 3 heterocycles. The minimum Gasteiger partial charge on any atom is -0.348 e. The molecule has 1 aliphatic rings. The molecule has 0 N–H and O–H groups in total. The number of hydrogen-bond donors (Lipinski definition) is 0. The van der Waals surface area contributed by atoms with Crippen molar-refractivity contribution in [2.24, 2.45) is 5.41 Å². The number of nitrogens with zero attached hydrogens (tertiary/aromatic N) is 4. The Morgan fingerprint density at radius 3 is 2.71 bits per heavy atom. The molecule has 1 atom stereocenters. The van der Waals surface area contributed by atoms with Crippen LogP contribution in [0.2, 0.25) is 0 Å². The fraction of sp³-hybridized carbons (Fsp3) is 0.333. The van der Waals surface area contributed by atoms with Gasteiger partial charge in [-0.2, -0.15) is 0 Å². The molecule has 160 valence electrons. The number of thiophene rings is 1. The fourth-order valence-corrected chi connectivity index (χ4v) is 5.24. The van der Waals surface area contributed by atoms with E-state index in [-0.39, 0.29) is 11.8 Å². The highest BCUT2D eigenvalue weighted by molar-refractivity contribution is 7.13. The maximum Gasteiger partial charge on any atom is 0.274 e. The summed E-state index contributed by atoms with van der Waals surface area (Å²) >= 11 is 1.69. The molecule has 7 heteroatoms. The number of aromatic nitrogens is 2. The van der Waals surface area contributed by atoms with Crippen LogP contribution in [0.4, 0.5) is 0 Å². The number of piperidine rings is 1. The minimum absolute atomic E-state index is 0.0603. The van der Waals surface area contributed by atoms with Gasteiger partial charge in [-0.3, -0.25) is 14.6 Å². The van der Waals surface area contributed by atoms with E-state index in [2.05, 4.69) is 33.5 Å². The topological polar surface area (TPSA) is 66.4 Å². The van der Waals surface area contributed by atoms with Crippen LogP contribution in [0.15, 0.2) is 60.4 Å². The van der Waals surface area contributed by atoms with E-state index in [1.165, 1.54) is 17.3 Å². The molecule has 31 heavy (non-hydrogen) atoms. The molecule has 0 saturated carbocycles. The van der Waals surface area contributed by atoms with Crippen LogP contribution < -0.4 is 0 Å². The third kappa shape index (κ3) is 4.37. The molecule has 4 rings (SSSR count). The second-order valence-electron chi connectivity index (χ2n) is 8.21. The minimum atomic E-state index is -0.674. The Balaban J connectivity index is 1.69. The van der Waals surface area contributed by atoms with Gasteiger partial charge in [0.15, 0.2) is 0 Å². The van der Waals surface area contributed by atoms with Gasteiger partial charge in [-0.1, -0.05) is 30.3 Å². The molecule has 1 aromatic carbocycles. The van der Waals surface area contributed by atoms with Crippen LogP contribution in [0.1, 0.15) is 28.9 Å². The van der Waals surface area contributed by atoms with Crippen molar-refractivity contribution < 1.29 is 9.59 Å². The van der Waals surface area contributed by atoms with Crippen LogP contribution in [0.5, 0.6) is 0 Å². The SMILES string of the molecule is CN(C)C(=O)[C@@]1(Cc2ccccc2-c2cccs2)CCCN(C(=O)c2cnccn2)C1. The summed E-state index contributed by atoms with van der Waals surface area (Å²) in [7, 11) is 3.58. The van der Waals surface area contributed by atoms with Crippen molar-refractivity contribution >= 4 is 23.2 Å². The number of likely N-dealkylation sites (tertiary alicyclic amines) is 1. The molecule has 1 saturated heterocycles. The van der Waals surface area contributed by atoms with Crippen LogP contribution in [0, 0.1) is 5.41 Å². The Hall–Kier alpha value is -3.06. The van der Waals surface area contributed by atoms with Crippen molar-refractivity contribution in [3.05, 3.63) is 71.6 Å². The number of benzene rings is 1. The van der Waals surface area contributed by atoms with Gasteiger partial charge in [0, 0.05) is 44.5 Å². The third-order valence-corrected chi connectivity index (χ3v) is 6.74. The van der Waals surface area contributed by atoms with Gasteiger partial charge >= 0.3 is 0 Å². The molecule has 2 aromatic heterocycles. The summed E-state index contributed by atoms with van der Waals surface area (Å²) in [5.74, 6) is -0.111. The second kappa shape index (κ2) is 8.98. The first-order chi connectivity index (χ1) is 15.0. The van der Waals surface area contributed by atoms with E-state index in [0.29, 0.717) is 25.2 Å². The van der Waals surface area contributed by atoms with E-state index in [1.54, 1.807) is 41.4 Å². The second-order valence-corrected chi connectivity index (χ2v) is 9.16. The number of hydrogen-bond acceptors (Lipinski definition) is 5. The Morgan fingerprint density at radius 1 is 1.16 bits per heavy atom. The molecule has 0 aliphatic carbocycles. The summed E-state index contributed by atoms with van der Waals surface area (Å²) in [6.07, 6.45) is 6.65. The molecule has 2 amide bonds. The number of carbonyl (C=O) groups is 2. The average Bonchev–Trinajstić information content (AvgIpc) is 3.34. The van der Waals surface area contributed by atoms with E-state index >= 15 is 0 Å². The zero-order valence-electron chi connectivity index (χ0n) is 17.8. The molecule has 3 aromatic rings. The normalized spacial score (nSPS) is 18.6. The van der Waals surface area contributed by atoms with Gasteiger partial charge in [-0.05, 0) is 41.8 Å². The fourth-order valence-electron chi connectivity index (χ4n) is 4.46. The van der Waals surface area contributed by atoms with E-state index in [4.69, 9.17) is 0 Å². The first kappa shape index (κ1) is 21.2. The highest BCUT2D eigenvalue weighted by Crippen LogP contribution is 2.39. The lowest BCUT2D eigenvalue weighted by atomic mass is 9.73. The van der Waals surface area contributed by atoms with Crippen molar-refractivity contribution in [2.75, 3.05) is 27.2 Å². The van der Waals surface area contributed by atoms with Crippen LogP contribution in [-0.4, -0.2) is 58.8 Å².